The van der Waals surface area contributed by atoms with Crippen LogP contribution >= 0.6 is 0 Å². The minimum atomic E-state index is -0.463. The second-order valence-electron chi connectivity index (χ2n) is 5.89. The number of hydrogen-bond acceptors (Lipinski definition) is 7. The van der Waals surface area contributed by atoms with E-state index in [1.54, 1.807) is 12.5 Å². The molecule has 0 atom stereocenters. The van der Waals surface area contributed by atoms with E-state index in [0.717, 1.165) is 30.6 Å². The largest absolute Gasteiger partial charge is 0.364 e. The third kappa shape index (κ3) is 4.57. The average Bonchev–Trinajstić information content (AvgIpc) is 3.19. The molecule has 27 heavy (non-hydrogen) atoms. The molecule has 2 heterocycles. The van der Waals surface area contributed by atoms with Crippen LogP contribution in [0.25, 0.3) is 0 Å². The van der Waals surface area contributed by atoms with Crippen molar-refractivity contribution in [2.75, 3.05) is 17.2 Å². The quantitative estimate of drug-likeness (QED) is 0.339. The van der Waals surface area contributed by atoms with Gasteiger partial charge in [-0.3, -0.25) is 10.1 Å². The van der Waals surface area contributed by atoms with Crippen molar-refractivity contribution in [1.82, 2.24) is 19.5 Å². The van der Waals surface area contributed by atoms with Gasteiger partial charge < -0.3 is 15.2 Å². The normalized spacial score (nSPS) is 10.6. The smallest absolute Gasteiger partial charge is 0.353 e. The summed E-state index contributed by atoms with van der Waals surface area (Å²) in [6.45, 7) is 3.34. The lowest BCUT2D eigenvalue weighted by molar-refractivity contribution is -0.383. The first-order valence-electron chi connectivity index (χ1n) is 8.73. The molecular formula is C18H21N7O2. The summed E-state index contributed by atoms with van der Waals surface area (Å²) in [5.74, 6) is 0.380. The first-order valence-corrected chi connectivity index (χ1v) is 8.73. The number of anilines is 3. The predicted octanol–water partition coefficient (Wildman–Crippen LogP) is 3.39. The van der Waals surface area contributed by atoms with E-state index in [1.165, 1.54) is 6.33 Å². The number of nitrogens with zero attached hydrogens (tertiary/aromatic N) is 5. The predicted molar refractivity (Wildman–Crippen MR) is 103 cm³/mol. The number of nitrogens with one attached hydrogen (secondary N) is 2. The molecule has 0 aliphatic rings. The highest BCUT2D eigenvalue weighted by Crippen LogP contribution is 2.32. The molecule has 3 rings (SSSR count). The summed E-state index contributed by atoms with van der Waals surface area (Å²) in [4.78, 5) is 23.3. The maximum Gasteiger partial charge on any atom is 0.353 e. The molecule has 0 aliphatic carbocycles. The molecule has 0 radical (unpaired) electrons. The average molecular weight is 367 g/mol. The fourth-order valence-corrected chi connectivity index (χ4v) is 2.74. The van der Waals surface area contributed by atoms with Gasteiger partial charge in [-0.2, -0.15) is 0 Å². The van der Waals surface area contributed by atoms with E-state index in [0.29, 0.717) is 6.54 Å². The summed E-state index contributed by atoms with van der Waals surface area (Å²) in [6.07, 6.45) is 8.23. The van der Waals surface area contributed by atoms with Crippen molar-refractivity contribution in [3.63, 3.8) is 0 Å². The zero-order valence-electron chi connectivity index (χ0n) is 15.0. The van der Waals surface area contributed by atoms with Crippen molar-refractivity contribution < 1.29 is 4.92 Å². The number of para-hydroxylation sites is 1. The Labute approximate surface area is 156 Å². The van der Waals surface area contributed by atoms with Crippen LogP contribution in [0.4, 0.5) is 23.0 Å². The summed E-state index contributed by atoms with van der Waals surface area (Å²) < 4.78 is 1.95. The molecule has 2 N–H and O–H groups in total. The SMILES string of the molecule is CCc1ccccc1Nc1ncnc(NCCCn2ccnc2)c1[N+](=O)[O-]. The number of hydrogen-bond donors (Lipinski definition) is 2. The Hall–Kier alpha value is -3.49. The zero-order chi connectivity index (χ0) is 19.1. The highest BCUT2D eigenvalue weighted by molar-refractivity contribution is 5.74. The minimum Gasteiger partial charge on any atom is -0.364 e. The fourth-order valence-electron chi connectivity index (χ4n) is 2.74. The molecule has 0 unspecified atom stereocenters. The second kappa shape index (κ2) is 8.75. The standard InChI is InChI=1S/C18H21N7O2/c1-2-14-6-3-4-7-15(14)23-18-16(25(26)27)17(21-12-22-18)20-8-5-10-24-11-9-19-13-24/h3-4,6-7,9,11-13H,2,5,8,10H2,1H3,(H2,20,21,22,23). The Balaban J connectivity index is 1.75. The molecule has 9 nitrogen and oxygen atoms in total. The molecule has 9 heteroatoms. The van der Waals surface area contributed by atoms with E-state index in [-0.39, 0.29) is 17.3 Å². The molecule has 0 fully saturated rings. The fraction of sp³-hybridized carbons (Fsp3) is 0.278. The number of benzene rings is 1. The summed E-state index contributed by atoms with van der Waals surface area (Å²) >= 11 is 0. The Morgan fingerprint density at radius 3 is 2.78 bits per heavy atom. The van der Waals surface area contributed by atoms with E-state index in [4.69, 9.17) is 0 Å². The Morgan fingerprint density at radius 1 is 1.22 bits per heavy atom. The molecule has 3 aromatic rings. The molecule has 140 valence electrons. The van der Waals surface area contributed by atoms with Gasteiger partial charge in [-0.05, 0) is 24.5 Å². The van der Waals surface area contributed by atoms with Crippen LogP contribution in [0.3, 0.4) is 0 Å². The van der Waals surface area contributed by atoms with Crippen LogP contribution in [-0.2, 0) is 13.0 Å². The van der Waals surface area contributed by atoms with Gasteiger partial charge in [0.1, 0.15) is 6.33 Å². The molecular weight excluding hydrogens is 346 g/mol. The second-order valence-corrected chi connectivity index (χ2v) is 5.89. The van der Waals surface area contributed by atoms with Gasteiger partial charge in [-0.25, -0.2) is 15.0 Å². The number of aryl methyl sites for hydroxylation is 2. The van der Waals surface area contributed by atoms with Crippen LogP contribution in [0.2, 0.25) is 0 Å². The Kier molecular flexibility index (Phi) is 5.93. The lowest BCUT2D eigenvalue weighted by Gasteiger charge is -2.12. The van der Waals surface area contributed by atoms with Crippen molar-refractivity contribution in [3.8, 4) is 0 Å². The van der Waals surface area contributed by atoms with Crippen LogP contribution in [0.5, 0.6) is 0 Å². The van der Waals surface area contributed by atoms with E-state index >= 15 is 0 Å². The zero-order valence-corrected chi connectivity index (χ0v) is 15.0. The maximum atomic E-state index is 11.6. The number of rotatable bonds is 9. The van der Waals surface area contributed by atoms with Gasteiger partial charge in [-0.15, -0.1) is 0 Å². The van der Waals surface area contributed by atoms with Crippen molar-refractivity contribution in [2.45, 2.75) is 26.3 Å². The van der Waals surface area contributed by atoms with E-state index in [9.17, 15) is 10.1 Å². The summed E-state index contributed by atoms with van der Waals surface area (Å²) in [5, 5.41) is 17.8. The van der Waals surface area contributed by atoms with Crippen LogP contribution in [-0.4, -0.2) is 31.0 Å². The lowest BCUT2D eigenvalue weighted by Crippen LogP contribution is -2.11. The Bertz CT molecular complexity index is 896. The van der Waals surface area contributed by atoms with E-state index in [1.807, 2.05) is 42.0 Å². The van der Waals surface area contributed by atoms with Crippen LogP contribution in [0, 0.1) is 10.1 Å². The van der Waals surface area contributed by atoms with Crippen LogP contribution < -0.4 is 10.6 Å². The molecule has 1 aromatic carbocycles. The van der Waals surface area contributed by atoms with Crippen molar-refractivity contribution in [2.24, 2.45) is 0 Å². The molecule has 0 amide bonds. The van der Waals surface area contributed by atoms with Gasteiger partial charge in [0.15, 0.2) is 0 Å². The molecule has 2 aromatic heterocycles. The topological polar surface area (TPSA) is 111 Å². The van der Waals surface area contributed by atoms with Gasteiger partial charge in [0.25, 0.3) is 0 Å². The third-order valence-electron chi connectivity index (χ3n) is 4.10. The molecule has 0 spiro atoms. The van der Waals surface area contributed by atoms with E-state index in [2.05, 4.69) is 25.6 Å². The van der Waals surface area contributed by atoms with Crippen LogP contribution in [0.1, 0.15) is 18.9 Å². The van der Waals surface area contributed by atoms with Gasteiger partial charge in [0.05, 0.1) is 11.3 Å². The monoisotopic (exact) mass is 367 g/mol. The van der Waals surface area contributed by atoms with Crippen molar-refractivity contribution in [1.29, 1.82) is 0 Å². The lowest BCUT2D eigenvalue weighted by atomic mass is 10.1. The molecule has 0 saturated carbocycles. The minimum absolute atomic E-state index is 0.161. The number of imidazole rings is 1. The van der Waals surface area contributed by atoms with Gasteiger partial charge >= 0.3 is 5.69 Å². The maximum absolute atomic E-state index is 11.6. The first-order chi connectivity index (χ1) is 13.2. The van der Waals surface area contributed by atoms with Gasteiger partial charge in [0.2, 0.25) is 11.6 Å². The summed E-state index contributed by atoms with van der Waals surface area (Å²) in [5.41, 5.74) is 1.69. The highest BCUT2D eigenvalue weighted by Gasteiger charge is 2.23. The van der Waals surface area contributed by atoms with Gasteiger partial charge in [-0.1, -0.05) is 25.1 Å². The highest BCUT2D eigenvalue weighted by atomic mass is 16.6. The number of nitro groups is 1. The molecule has 0 saturated heterocycles. The summed E-state index contributed by atoms with van der Waals surface area (Å²) in [7, 11) is 0. The molecule has 0 bridgehead atoms. The van der Waals surface area contributed by atoms with Crippen molar-refractivity contribution in [3.05, 3.63) is 65.0 Å². The first kappa shape index (κ1) is 18.3. The third-order valence-corrected chi connectivity index (χ3v) is 4.10. The van der Waals surface area contributed by atoms with Gasteiger partial charge in [0, 0.05) is 31.2 Å². The number of aromatic nitrogens is 4. The van der Waals surface area contributed by atoms with Crippen molar-refractivity contribution >= 4 is 23.0 Å². The Morgan fingerprint density at radius 2 is 2.04 bits per heavy atom. The van der Waals surface area contributed by atoms with E-state index < -0.39 is 4.92 Å². The summed E-state index contributed by atoms with van der Waals surface area (Å²) in [6, 6.07) is 7.67. The van der Waals surface area contributed by atoms with Crippen LogP contribution in [0.15, 0.2) is 49.3 Å². The molecule has 0 aliphatic heterocycles.